The highest BCUT2D eigenvalue weighted by molar-refractivity contribution is 5.92. The zero-order chi connectivity index (χ0) is 17.9. The van der Waals surface area contributed by atoms with Crippen molar-refractivity contribution < 1.29 is 22.7 Å². The number of amides is 1. The molecular formula is C15H17F3N4O2. The molecule has 1 amide bonds. The first-order chi connectivity index (χ1) is 11.2. The zero-order valence-corrected chi connectivity index (χ0v) is 13.4. The third-order valence-corrected chi connectivity index (χ3v) is 3.21. The Morgan fingerprint density at radius 2 is 2.12 bits per heavy atom. The van der Waals surface area contributed by atoms with E-state index in [1.807, 2.05) is 6.92 Å². The van der Waals surface area contributed by atoms with Crippen molar-refractivity contribution in [1.82, 2.24) is 20.1 Å². The Kier molecular flexibility index (Phi) is 5.10. The molecule has 9 heteroatoms. The molecule has 2 rings (SSSR count). The lowest BCUT2D eigenvalue weighted by Crippen LogP contribution is -2.28. The minimum Gasteiger partial charge on any atom is -0.468 e. The smallest absolute Gasteiger partial charge is 0.422 e. The van der Waals surface area contributed by atoms with Crippen molar-refractivity contribution in [2.24, 2.45) is 7.05 Å². The summed E-state index contributed by atoms with van der Waals surface area (Å²) < 4.78 is 42.7. The summed E-state index contributed by atoms with van der Waals surface area (Å²) in [5, 5.41) is 6.93. The van der Waals surface area contributed by atoms with Gasteiger partial charge in [-0.1, -0.05) is 6.07 Å². The van der Waals surface area contributed by atoms with E-state index < -0.39 is 18.7 Å². The number of nitrogens with zero attached hydrogens (tertiary/aromatic N) is 3. The normalized spacial score (nSPS) is 12.8. The average molecular weight is 342 g/mol. The van der Waals surface area contributed by atoms with E-state index in [-0.39, 0.29) is 17.6 Å². The van der Waals surface area contributed by atoms with Crippen molar-refractivity contribution in [2.45, 2.75) is 26.1 Å². The molecule has 0 aliphatic rings. The number of ether oxygens (including phenoxy) is 1. The third-order valence-electron chi connectivity index (χ3n) is 3.21. The van der Waals surface area contributed by atoms with Gasteiger partial charge in [0, 0.05) is 24.9 Å². The minimum absolute atomic E-state index is 0.0249. The summed E-state index contributed by atoms with van der Waals surface area (Å²) in [4.78, 5) is 16.0. The minimum atomic E-state index is -4.47. The lowest BCUT2D eigenvalue weighted by Gasteiger charge is -2.13. The monoisotopic (exact) mass is 342 g/mol. The van der Waals surface area contributed by atoms with E-state index in [1.165, 1.54) is 18.2 Å². The molecule has 130 valence electrons. The number of nitrogens with one attached hydrogen (secondary N) is 1. The maximum Gasteiger partial charge on any atom is 0.422 e. The van der Waals surface area contributed by atoms with E-state index in [1.54, 1.807) is 24.9 Å². The zero-order valence-electron chi connectivity index (χ0n) is 13.4. The molecular weight excluding hydrogens is 325 g/mol. The Morgan fingerprint density at radius 1 is 1.42 bits per heavy atom. The summed E-state index contributed by atoms with van der Waals surface area (Å²) in [6.07, 6.45) is -2.68. The van der Waals surface area contributed by atoms with Gasteiger partial charge < -0.3 is 10.1 Å². The van der Waals surface area contributed by atoms with Crippen LogP contribution in [0.2, 0.25) is 0 Å². The molecule has 0 bridgehead atoms. The summed E-state index contributed by atoms with van der Waals surface area (Å²) in [7, 11) is 1.77. The van der Waals surface area contributed by atoms with Gasteiger partial charge in [-0.15, -0.1) is 0 Å². The number of aryl methyl sites for hydroxylation is 2. The molecule has 2 aromatic rings. The summed E-state index contributed by atoms with van der Waals surface area (Å²) in [6, 6.07) is 3.75. The van der Waals surface area contributed by atoms with Gasteiger partial charge in [-0.2, -0.15) is 18.3 Å². The number of carbonyl (C=O) groups is 1. The summed E-state index contributed by atoms with van der Waals surface area (Å²) in [5.74, 6) is -0.770. The molecule has 0 saturated heterocycles. The van der Waals surface area contributed by atoms with Crippen LogP contribution in [-0.4, -0.2) is 33.5 Å². The molecule has 24 heavy (non-hydrogen) atoms. The molecule has 1 N–H and O–H groups in total. The van der Waals surface area contributed by atoms with Crippen LogP contribution in [0.4, 0.5) is 13.2 Å². The van der Waals surface area contributed by atoms with Gasteiger partial charge in [0.15, 0.2) is 6.61 Å². The number of aromatic nitrogens is 3. The fourth-order valence-electron chi connectivity index (χ4n) is 2.17. The van der Waals surface area contributed by atoms with Crippen LogP contribution in [0.3, 0.4) is 0 Å². The van der Waals surface area contributed by atoms with Crippen molar-refractivity contribution in [3.8, 4) is 5.88 Å². The van der Waals surface area contributed by atoms with Crippen LogP contribution in [0.15, 0.2) is 24.4 Å². The Balaban J connectivity index is 2.05. The second-order valence-electron chi connectivity index (χ2n) is 5.30. The molecule has 0 aromatic carbocycles. The van der Waals surface area contributed by atoms with Crippen molar-refractivity contribution in [3.05, 3.63) is 41.3 Å². The Labute approximate surface area is 136 Å². The molecule has 0 aliphatic carbocycles. The van der Waals surface area contributed by atoms with Crippen LogP contribution < -0.4 is 10.1 Å². The van der Waals surface area contributed by atoms with E-state index in [0.717, 1.165) is 11.3 Å². The average Bonchev–Trinajstić information content (AvgIpc) is 2.83. The Hall–Kier alpha value is -2.58. The van der Waals surface area contributed by atoms with Crippen LogP contribution in [0.1, 0.15) is 34.7 Å². The van der Waals surface area contributed by atoms with Crippen molar-refractivity contribution in [2.75, 3.05) is 6.61 Å². The second-order valence-corrected chi connectivity index (χ2v) is 5.30. The second kappa shape index (κ2) is 6.90. The van der Waals surface area contributed by atoms with Gasteiger partial charge in [-0.25, -0.2) is 4.98 Å². The molecule has 2 heterocycles. The van der Waals surface area contributed by atoms with Gasteiger partial charge in [0.2, 0.25) is 5.88 Å². The topological polar surface area (TPSA) is 69.0 Å². The Bertz CT molecular complexity index is 728. The first kappa shape index (κ1) is 17.8. The van der Waals surface area contributed by atoms with Gasteiger partial charge >= 0.3 is 6.18 Å². The van der Waals surface area contributed by atoms with Crippen molar-refractivity contribution in [1.29, 1.82) is 0 Å². The van der Waals surface area contributed by atoms with Gasteiger partial charge in [0.05, 0.1) is 11.7 Å². The number of halogens is 3. The standard InChI is InChI=1S/C15H17F3N4O2/c1-9(11-7-22(3)21-10(11)2)19-14(23)12-5-4-6-13(20-12)24-8-15(16,17)18/h4-7,9H,8H2,1-3H3,(H,19,23)/t9-/m1/s1. The molecule has 0 aliphatic heterocycles. The highest BCUT2D eigenvalue weighted by Gasteiger charge is 2.28. The number of pyridine rings is 1. The maximum atomic E-state index is 12.2. The first-order valence-electron chi connectivity index (χ1n) is 7.13. The van der Waals surface area contributed by atoms with E-state index in [2.05, 4.69) is 20.1 Å². The predicted octanol–water partition coefficient (Wildman–Crippen LogP) is 2.56. The highest BCUT2D eigenvalue weighted by Crippen LogP contribution is 2.18. The summed E-state index contributed by atoms with van der Waals surface area (Å²) in [6.45, 7) is 2.14. The van der Waals surface area contributed by atoms with Crippen molar-refractivity contribution >= 4 is 5.91 Å². The highest BCUT2D eigenvalue weighted by atomic mass is 19.4. The SMILES string of the molecule is Cc1nn(C)cc1[C@@H](C)NC(=O)c1cccc(OCC(F)(F)F)n1. The lowest BCUT2D eigenvalue weighted by molar-refractivity contribution is -0.154. The van der Waals surface area contributed by atoms with E-state index in [4.69, 9.17) is 0 Å². The molecule has 1 atom stereocenters. The summed E-state index contributed by atoms with van der Waals surface area (Å²) >= 11 is 0. The first-order valence-corrected chi connectivity index (χ1v) is 7.13. The van der Waals surface area contributed by atoms with E-state index in [0.29, 0.717) is 0 Å². The van der Waals surface area contributed by atoms with Gasteiger partial charge in [0.25, 0.3) is 5.91 Å². The maximum absolute atomic E-state index is 12.2. The van der Waals surface area contributed by atoms with Crippen LogP contribution >= 0.6 is 0 Å². The number of alkyl halides is 3. The molecule has 0 fully saturated rings. The number of rotatable bonds is 5. The van der Waals surface area contributed by atoms with Gasteiger partial charge in [-0.05, 0) is 19.9 Å². The largest absolute Gasteiger partial charge is 0.468 e. The molecule has 0 unspecified atom stereocenters. The van der Waals surface area contributed by atoms with Crippen LogP contribution in [0.5, 0.6) is 5.88 Å². The predicted molar refractivity (Wildman–Crippen MR) is 79.6 cm³/mol. The van der Waals surface area contributed by atoms with Gasteiger partial charge in [0.1, 0.15) is 5.69 Å². The van der Waals surface area contributed by atoms with E-state index in [9.17, 15) is 18.0 Å². The molecule has 0 radical (unpaired) electrons. The summed E-state index contributed by atoms with van der Waals surface area (Å²) in [5.41, 5.74) is 1.60. The number of carbonyl (C=O) groups excluding carboxylic acids is 1. The number of hydrogen-bond acceptors (Lipinski definition) is 4. The van der Waals surface area contributed by atoms with Crippen LogP contribution in [0.25, 0.3) is 0 Å². The molecule has 0 spiro atoms. The third kappa shape index (κ3) is 4.71. The molecule has 2 aromatic heterocycles. The van der Waals surface area contributed by atoms with Gasteiger partial charge in [-0.3, -0.25) is 9.48 Å². The molecule has 0 saturated carbocycles. The Morgan fingerprint density at radius 3 is 2.71 bits per heavy atom. The fourth-order valence-corrected chi connectivity index (χ4v) is 2.17. The van der Waals surface area contributed by atoms with Crippen molar-refractivity contribution in [3.63, 3.8) is 0 Å². The fraction of sp³-hybridized carbons (Fsp3) is 0.400. The molecule has 6 nitrogen and oxygen atoms in total. The van der Waals surface area contributed by atoms with E-state index >= 15 is 0 Å². The number of hydrogen-bond donors (Lipinski definition) is 1. The van der Waals surface area contributed by atoms with Crippen LogP contribution in [0, 0.1) is 6.92 Å². The van der Waals surface area contributed by atoms with Crippen LogP contribution in [-0.2, 0) is 7.05 Å². The lowest BCUT2D eigenvalue weighted by atomic mass is 10.1. The quantitative estimate of drug-likeness (QED) is 0.907.